The van der Waals surface area contributed by atoms with Crippen LogP contribution in [0.3, 0.4) is 0 Å². The fraction of sp³-hybridized carbons (Fsp3) is 1.00. The number of aliphatic hydroxyl groups excluding tert-OH is 2. The lowest BCUT2D eigenvalue weighted by Crippen LogP contribution is -2.66. The lowest BCUT2D eigenvalue weighted by molar-refractivity contribution is -0.164. The lowest BCUT2D eigenvalue weighted by atomic mass is 9.46. The Morgan fingerprint density at radius 2 is 1.61 bits per heavy atom. The summed E-state index contributed by atoms with van der Waals surface area (Å²) >= 11 is 0. The molecule has 0 bridgehead atoms. The second-order valence-corrected chi connectivity index (χ2v) is 5.46. The van der Waals surface area contributed by atoms with E-state index in [9.17, 15) is 10.2 Å². The van der Waals surface area contributed by atoms with Crippen LogP contribution in [0.4, 0.5) is 0 Å². The van der Waals surface area contributed by atoms with Gasteiger partial charge < -0.3 is 28.8 Å². The molecule has 0 radical (unpaired) electrons. The highest BCUT2D eigenvalue weighted by Gasteiger charge is 2.56. The maximum atomic E-state index is 9.57. The average molecular weight is 258 g/mol. The molecule has 2 rings (SSSR count). The van der Waals surface area contributed by atoms with E-state index in [1.54, 1.807) is 0 Å². The van der Waals surface area contributed by atoms with Crippen molar-refractivity contribution in [1.29, 1.82) is 0 Å². The Morgan fingerprint density at radius 1 is 1.00 bits per heavy atom. The lowest BCUT2D eigenvalue weighted by Gasteiger charge is -2.50. The molecule has 0 spiro atoms. The molecule has 2 heterocycles. The molecule has 2 aliphatic rings. The van der Waals surface area contributed by atoms with Gasteiger partial charge in [-0.1, -0.05) is 13.8 Å². The molecule has 2 N–H and O–H groups in total. The molecule has 2 aliphatic heterocycles. The van der Waals surface area contributed by atoms with Crippen LogP contribution in [0.5, 0.6) is 0 Å². The second kappa shape index (κ2) is 5.48. The first-order chi connectivity index (χ1) is 8.54. The number of aliphatic hydroxyl groups is 2. The highest BCUT2D eigenvalue weighted by Crippen LogP contribution is 2.39. The number of hydrogen-bond acceptors (Lipinski definition) is 6. The van der Waals surface area contributed by atoms with Gasteiger partial charge in [-0.15, -0.1) is 0 Å². The zero-order chi connectivity index (χ0) is 13.2. The van der Waals surface area contributed by atoms with Crippen LogP contribution < -0.4 is 0 Å². The Kier molecular flexibility index (Phi) is 4.36. The summed E-state index contributed by atoms with van der Waals surface area (Å²) in [4.78, 5) is 0. The Balaban J connectivity index is 2.08. The molecule has 6 nitrogen and oxygen atoms in total. The van der Waals surface area contributed by atoms with E-state index in [1.807, 2.05) is 13.8 Å². The maximum Gasteiger partial charge on any atom is 0.488 e. The van der Waals surface area contributed by atoms with Crippen molar-refractivity contribution in [3.63, 3.8) is 0 Å². The summed E-state index contributed by atoms with van der Waals surface area (Å²) in [6.07, 6.45) is 0.847. The van der Waals surface area contributed by atoms with Crippen LogP contribution in [0.25, 0.3) is 0 Å². The van der Waals surface area contributed by atoms with Crippen LogP contribution in [-0.2, 0) is 18.6 Å². The van der Waals surface area contributed by atoms with Crippen molar-refractivity contribution in [2.75, 3.05) is 33.0 Å². The van der Waals surface area contributed by atoms with Gasteiger partial charge in [0.2, 0.25) is 0 Å². The molecular formula is C10H20B2O6. The van der Waals surface area contributed by atoms with Crippen molar-refractivity contribution in [2.24, 2.45) is 5.41 Å². The number of hydrogen-bond donors (Lipinski definition) is 2. The van der Waals surface area contributed by atoms with Crippen molar-refractivity contribution in [3.8, 4) is 0 Å². The van der Waals surface area contributed by atoms with E-state index in [2.05, 4.69) is 0 Å². The van der Waals surface area contributed by atoms with Crippen LogP contribution in [0, 0.1) is 5.41 Å². The third-order valence-electron chi connectivity index (χ3n) is 3.77. The van der Waals surface area contributed by atoms with Crippen molar-refractivity contribution in [2.45, 2.75) is 25.9 Å². The quantitative estimate of drug-likeness (QED) is 0.650. The van der Waals surface area contributed by atoms with E-state index >= 15 is 0 Å². The molecule has 0 aromatic carbocycles. The van der Waals surface area contributed by atoms with E-state index in [0.717, 1.165) is 6.42 Å². The third kappa shape index (κ3) is 2.45. The van der Waals surface area contributed by atoms with E-state index in [4.69, 9.17) is 18.6 Å². The molecule has 2 fully saturated rings. The standard InChI is InChI=1S/C10H20B2O6/c1-9(2)8-17-12(11-15-4-3-5-16-11)18-10(9,6-13)7-14/h13-14H,3-8H2,1-2H3. The van der Waals surface area contributed by atoms with Gasteiger partial charge in [-0.25, -0.2) is 0 Å². The van der Waals surface area contributed by atoms with Crippen LogP contribution in [-0.4, -0.2) is 62.9 Å². The first-order valence-corrected chi connectivity index (χ1v) is 6.29. The largest absolute Gasteiger partial charge is 0.488 e. The van der Waals surface area contributed by atoms with E-state index in [0.29, 0.717) is 19.8 Å². The van der Waals surface area contributed by atoms with Gasteiger partial charge in [0, 0.05) is 25.2 Å². The van der Waals surface area contributed by atoms with Gasteiger partial charge in [-0.3, -0.25) is 0 Å². The summed E-state index contributed by atoms with van der Waals surface area (Å²) in [7, 11) is -1.30. The summed E-state index contributed by atoms with van der Waals surface area (Å²) in [5, 5.41) is 19.1. The van der Waals surface area contributed by atoms with Crippen molar-refractivity contribution >= 4 is 14.0 Å². The summed E-state index contributed by atoms with van der Waals surface area (Å²) in [6.45, 7) is 4.79. The van der Waals surface area contributed by atoms with Gasteiger partial charge in [0.05, 0.1) is 13.2 Å². The van der Waals surface area contributed by atoms with Gasteiger partial charge in [-0.2, -0.15) is 0 Å². The Labute approximate surface area is 108 Å². The minimum absolute atomic E-state index is 0.275. The first-order valence-electron chi connectivity index (χ1n) is 6.29. The fourth-order valence-corrected chi connectivity index (χ4v) is 2.19. The molecule has 0 atom stereocenters. The van der Waals surface area contributed by atoms with Gasteiger partial charge in [0.15, 0.2) is 0 Å². The second-order valence-electron chi connectivity index (χ2n) is 5.46. The topological polar surface area (TPSA) is 77.4 Å². The maximum absolute atomic E-state index is 9.57. The zero-order valence-corrected chi connectivity index (χ0v) is 10.9. The molecule has 0 aliphatic carbocycles. The molecule has 0 amide bonds. The monoisotopic (exact) mass is 258 g/mol. The summed E-state index contributed by atoms with van der Waals surface area (Å²) in [5.41, 5.74) is -1.53. The minimum atomic E-state index is -1.04. The van der Waals surface area contributed by atoms with E-state index < -0.39 is 25.0 Å². The molecule has 8 heteroatoms. The molecule has 0 unspecified atom stereocenters. The van der Waals surface area contributed by atoms with Gasteiger partial charge >= 0.3 is 14.0 Å². The van der Waals surface area contributed by atoms with Crippen molar-refractivity contribution < 1.29 is 28.8 Å². The zero-order valence-electron chi connectivity index (χ0n) is 10.9. The summed E-state index contributed by atoms with van der Waals surface area (Å²) in [6, 6.07) is 0. The van der Waals surface area contributed by atoms with Gasteiger partial charge in [0.25, 0.3) is 0 Å². The van der Waals surface area contributed by atoms with Gasteiger partial charge in [-0.05, 0) is 6.42 Å². The Hall–Kier alpha value is -0.110. The highest BCUT2D eigenvalue weighted by molar-refractivity contribution is 7.10. The summed E-state index contributed by atoms with van der Waals surface area (Å²) in [5.74, 6) is 0. The molecule has 102 valence electrons. The average Bonchev–Trinajstić information content (AvgIpc) is 2.40. The summed E-state index contributed by atoms with van der Waals surface area (Å²) < 4.78 is 22.2. The van der Waals surface area contributed by atoms with Crippen LogP contribution in [0.2, 0.25) is 0 Å². The van der Waals surface area contributed by atoms with E-state index in [1.165, 1.54) is 0 Å². The molecule has 0 aromatic rings. The Morgan fingerprint density at radius 3 is 2.17 bits per heavy atom. The minimum Gasteiger partial charge on any atom is -0.413 e. The van der Waals surface area contributed by atoms with Crippen LogP contribution in [0.1, 0.15) is 20.3 Å². The van der Waals surface area contributed by atoms with Crippen molar-refractivity contribution in [1.82, 2.24) is 0 Å². The molecule has 2 saturated heterocycles. The SMILES string of the molecule is CC1(C)COB(B2OCCCO2)OC1(CO)CO. The van der Waals surface area contributed by atoms with E-state index in [-0.39, 0.29) is 13.2 Å². The first kappa shape index (κ1) is 14.3. The van der Waals surface area contributed by atoms with Crippen molar-refractivity contribution in [3.05, 3.63) is 0 Å². The third-order valence-corrected chi connectivity index (χ3v) is 3.77. The Bertz CT molecular complexity index is 278. The molecule has 0 saturated carbocycles. The molecular weight excluding hydrogens is 238 g/mol. The van der Waals surface area contributed by atoms with Crippen LogP contribution in [0.15, 0.2) is 0 Å². The highest BCUT2D eigenvalue weighted by atomic mass is 16.7. The van der Waals surface area contributed by atoms with Gasteiger partial charge in [0.1, 0.15) is 5.60 Å². The van der Waals surface area contributed by atoms with Crippen LogP contribution >= 0.6 is 0 Å². The normalized spacial score (nSPS) is 27.3. The predicted molar refractivity (Wildman–Crippen MR) is 65.7 cm³/mol. The number of rotatable bonds is 3. The molecule has 0 aromatic heterocycles. The predicted octanol–water partition coefficient (Wildman–Crippen LogP) is -0.726. The molecule has 18 heavy (non-hydrogen) atoms. The fourth-order valence-electron chi connectivity index (χ4n) is 2.19. The smallest absolute Gasteiger partial charge is 0.413 e.